The molecule has 0 fully saturated rings. The lowest BCUT2D eigenvalue weighted by Gasteiger charge is -1.98. The lowest BCUT2D eigenvalue weighted by molar-refractivity contribution is -0.427. The summed E-state index contributed by atoms with van der Waals surface area (Å²) in [5.41, 5.74) is 0.149. The van der Waals surface area contributed by atoms with Crippen LogP contribution in [0, 0.1) is 10.1 Å². The molecule has 0 atom stereocenters. The molecule has 3 nitrogen and oxygen atoms in total. The summed E-state index contributed by atoms with van der Waals surface area (Å²) in [7, 11) is 0. The largest absolute Gasteiger partial charge is 0.259 e. The maximum atomic E-state index is 10.2. The number of nitro groups is 1. The van der Waals surface area contributed by atoms with Gasteiger partial charge in [-0.2, -0.15) is 0 Å². The third kappa shape index (κ3) is 7.50. The minimum absolute atomic E-state index is 0.149. The maximum absolute atomic E-state index is 10.2. The van der Waals surface area contributed by atoms with Crippen molar-refractivity contribution in [3.05, 3.63) is 22.4 Å². The maximum Gasteiger partial charge on any atom is 0.239 e. The van der Waals surface area contributed by atoms with Crippen LogP contribution in [0.15, 0.2) is 12.3 Å². The first kappa shape index (κ1) is 12.1. The molecule has 0 aliphatic heterocycles. The number of unbranched alkanes of at least 4 members (excludes halogenated alkanes) is 5. The third-order valence-electron chi connectivity index (χ3n) is 2.08. The van der Waals surface area contributed by atoms with E-state index >= 15 is 0 Å². The Morgan fingerprint density at radius 2 is 1.77 bits per heavy atom. The molecule has 0 aliphatic carbocycles. The van der Waals surface area contributed by atoms with Crippen molar-refractivity contribution in [2.45, 2.75) is 51.9 Å². The van der Waals surface area contributed by atoms with Crippen molar-refractivity contribution in [3.8, 4) is 0 Å². The van der Waals surface area contributed by atoms with Gasteiger partial charge >= 0.3 is 0 Å². The zero-order valence-electron chi connectivity index (χ0n) is 8.42. The van der Waals surface area contributed by atoms with Gasteiger partial charge in [0.05, 0.1) is 4.92 Å². The molecular weight excluding hydrogens is 166 g/mol. The van der Waals surface area contributed by atoms with Crippen molar-refractivity contribution in [2.75, 3.05) is 0 Å². The summed E-state index contributed by atoms with van der Waals surface area (Å²) in [6.45, 7) is 5.56. The van der Waals surface area contributed by atoms with Gasteiger partial charge < -0.3 is 0 Å². The van der Waals surface area contributed by atoms with Gasteiger partial charge in [0.25, 0.3) is 0 Å². The summed E-state index contributed by atoms with van der Waals surface area (Å²) in [5.74, 6) is 0. The molecule has 76 valence electrons. The number of hydrogen-bond acceptors (Lipinski definition) is 2. The van der Waals surface area contributed by atoms with Crippen LogP contribution in [-0.4, -0.2) is 4.92 Å². The molecule has 0 amide bonds. The van der Waals surface area contributed by atoms with Gasteiger partial charge in [-0.3, -0.25) is 10.1 Å². The van der Waals surface area contributed by atoms with E-state index < -0.39 is 0 Å². The predicted molar refractivity (Wildman–Crippen MR) is 54.1 cm³/mol. The highest BCUT2D eigenvalue weighted by Crippen LogP contribution is 2.10. The fourth-order valence-corrected chi connectivity index (χ4v) is 1.20. The van der Waals surface area contributed by atoms with Crippen LogP contribution in [0.4, 0.5) is 0 Å². The summed E-state index contributed by atoms with van der Waals surface area (Å²) >= 11 is 0. The topological polar surface area (TPSA) is 43.1 Å². The van der Waals surface area contributed by atoms with Gasteiger partial charge in [0.1, 0.15) is 0 Å². The van der Waals surface area contributed by atoms with E-state index in [1.165, 1.54) is 25.7 Å². The van der Waals surface area contributed by atoms with Crippen LogP contribution < -0.4 is 0 Å². The molecule has 0 heterocycles. The normalized spacial score (nSPS) is 9.92. The molecule has 0 aromatic rings. The van der Waals surface area contributed by atoms with Crippen molar-refractivity contribution in [3.63, 3.8) is 0 Å². The highest BCUT2D eigenvalue weighted by molar-refractivity contribution is 4.79. The van der Waals surface area contributed by atoms with Crippen LogP contribution in [0.3, 0.4) is 0 Å². The molecule has 0 unspecified atom stereocenters. The van der Waals surface area contributed by atoms with Crippen LogP contribution in [0.5, 0.6) is 0 Å². The van der Waals surface area contributed by atoms with Crippen molar-refractivity contribution in [1.82, 2.24) is 0 Å². The monoisotopic (exact) mass is 185 g/mol. The summed E-state index contributed by atoms with van der Waals surface area (Å²) < 4.78 is 0. The summed E-state index contributed by atoms with van der Waals surface area (Å²) in [6, 6.07) is 0. The lowest BCUT2D eigenvalue weighted by Crippen LogP contribution is -1.96. The molecule has 0 saturated heterocycles. The van der Waals surface area contributed by atoms with Gasteiger partial charge in [-0.1, -0.05) is 39.0 Å². The molecule has 0 aromatic heterocycles. The van der Waals surface area contributed by atoms with Gasteiger partial charge in [-0.25, -0.2) is 0 Å². The summed E-state index contributed by atoms with van der Waals surface area (Å²) in [6.07, 6.45) is 7.49. The molecule has 13 heavy (non-hydrogen) atoms. The van der Waals surface area contributed by atoms with Gasteiger partial charge in [-0.15, -0.1) is 0 Å². The molecule has 0 spiro atoms. The molecular formula is C10H19NO2. The Balaban J connectivity index is 3.16. The second-order valence-corrected chi connectivity index (χ2v) is 3.34. The number of allylic oxidation sites excluding steroid dienone is 1. The van der Waals surface area contributed by atoms with E-state index in [0.717, 1.165) is 12.8 Å². The first-order valence-corrected chi connectivity index (χ1v) is 5.00. The molecule has 0 aliphatic rings. The fraction of sp³-hybridized carbons (Fsp3) is 0.800. The standard InChI is InChI=1S/C10H19NO2/c1-3-4-5-6-7-8-9-10(2)11(12)13/h2-9H2,1H3. The lowest BCUT2D eigenvalue weighted by atomic mass is 10.1. The SMILES string of the molecule is C=C(CCCCCCCC)[N+](=O)[O-]. The van der Waals surface area contributed by atoms with E-state index in [2.05, 4.69) is 13.5 Å². The Labute approximate surface area is 80.0 Å². The average molecular weight is 185 g/mol. The van der Waals surface area contributed by atoms with E-state index in [4.69, 9.17) is 0 Å². The van der Waals surface area contributed by atoms with E-state index in [1.807, 2.05) is 0 Å². The minimum Gasteiger partial charge on any atom is -0.259 e. The average Bonchev–Trinajstić information content (AvgIpc) is 2.10. The van der Waals surface area contributed by atoms with Crippen molar-refractivity contribution in [2.24, 2.45) is 0 Å². The number of rotatable bonds is 8. The Morgan fingerprint density at radius 1 is 1.23 bits per heavy atom. The van der Waals surface area contributed by atoms with Crippen LogP contribution >= 0.6 is 0 Å². The van der Waals surface area contributed by atoms with Crippen LogP contribution in [0.25, 0.3) is 0 Å². The van der Waals surface area contributed by atoms with Gasteiger partial charge in [0.15, 0.2) is 0 Å². The first-order valence-electron chi connectivity index (χ1n) is 5.00. The fourth-order valence-electron chi connectivity index (χ4n) is 1.20. The molecule has 0 N–H and O–H groups in total. The van der Waals surface area contributed by atoms with E-state index in [-0.39, 0.29) is 10.6 Å². The zero-order chi connectivity index (χ0) is 10.1. The molecule has 0 saturated carbocycles. The van der Waals surface area contributed by atoms with Crippen LogP contribution in [-0.2, 0) is 0 Å². The van der Waals surface area contributed by atoms with Crippen molar-refractivity contribution in [1.29, 1.82) is 0 Å². The Morgan fingerprint density at radius 3 is 2.31 bits per heavy atom. The predicted octanol–water partition coefficient (Wildman–Crippen LogP) is 3.53. The Bertz CT molecular complexity index is 166. The van der Waals surface area contributed by atoms with E-state index in [9.17, 15) is 10.1 Å². The quantitative estimate of drug-likeness (QED) is 0.330. The van der Waals surface area contributed by atoms with Crippen molar-refractivity contribution < 1.29 is 4.92 Å². The second-order valence-electron chi connectivity index (χ2n) is 3.34. The Kier molecular flexibility index (Phi) is 7.26. The van der Waals surface area contributed by atoms with Crippen LogP contribution in [0.2, 0.25) is 0 Å². The molecule has 0 rings (SSSR count). The van der Waals surface area contributed by atoms with Gasteiger partial charge in [0.2, 0.25) is 5.70 Å². The number of hydrogen-bond donors (Lipinski definition) is 0. The molecule has 0 radical (unpaired) electrons. The smallest absolute Gasteiger partial charge is 0.239 e. The summed E-state index contributed by atoms with van der Waals surface area (Å²) in [4.78, 5) is 9.79. The third-order valence-corrected chi connectivity index (χ3v) is 2.08. The highest BCUT2D eigenvalue weighted by atomic mass is 16.6. The second kappa shape index (κ2) is 7.77. The van der Waals surface area contributed by atoms with E-state index in [0.29, 0.717) is 6.42 Å². The molecule has 3 heteroatoms. The summed E-state index contributed by atoms with van der Waals surface area (Å²) in [5, 5.41) is 10.2. The Hall–Kier alpha value is -0.860. The van der Waals surface area contributed by atoms with Gasteiger partial charge in [-0.05, 0) is 13.0 Å². The number of nitrogens with zero attached hydrogens (tertiary/aromatic N) is 1. The zero-order valence-corrected chi connectivity index (χ0v) is 8.42. The first-order chi connectivity index (χ1) is 6.18. The minimum atomic E-state index is -0.383. The van der Waals surface area contributed by atoms with Gasteiger partial charge in [0, 0.05) is 6.42 Å². The van der Waals surface area contributed by atoms with Crippen LogP contribution in [0.1, 0.15) is 51.9 Å². The molecule has 0 bridgehead atoms. The van der Waals surface area contributed by atoms with Crippen molar-refractivity contribution >= 4 is 0 Å². The molecule has 0 aromatic carbocycles. The van der Waals surface area contributed by atoms with E-state index in [1.54, 1.807) is 0 Å². The highest BCUT2D eigenvalue weighted by Gasteiger charge is 2.04.